The fourth-order valence-corrected chi connectivity index (χ4v) is 4.02. The second-order valence-corrected chi connectivity index (χ2v) is 9.38. The lowest BCUT2D eigenvalue weighted by atomic mass is 9.87. The van der Waals surface area contributed by atoms with Crippen LogP contribution in [0.5, 0.6) is 5.75 Å². The first kappa shape index (κ1) is 28.0. The molecule has 5 N–H and O–H groups in total. The van der Waals surface area contributed by atoms with Crippen LogP contribution in [-0.4, -0.2) is 85.1 Å². The van der Waals surface area contributed by atoms with Crippen LogP contribution in [0.1, 0.15) is 49.9 Å². The Morgan fingerprint density at radius 2 is 1.97 bits per heavy atom. The molecule has 4 unspecified atom stereocenters. The molecule has 0 spiro atoms. The number of ether oxygens (including phenoxy) is 2. The molecule has 2 rings (SSSR count). The van der Waals surface area contributed by atoms with Crippen LogP contribution in [0, 0.1) is 11.8 Å². The van der Waals surface area contributed by atoms with Gasteiger partial charge < -0.3 is 35.6 Å². The van der Waals surface area contributed by atoms with Crippen molar-refractivity contribution < 1.29 is 29.3 Å². The van der Waals surface area contributed by atoms with Gasteiger partial charge in [-0.2, -0.15) is 0 Å². The summed E-state index contributed by atoms with van der Waals surface area (Å²) in [5.74, 6) is 0.412. The number of carbonyl (C=O) groups is 2. The van der Waals surface area contributed by atoms with Crippen molar-refractivity contribution in [2.24, 2.45) is 17.6 Å². The predicted octanol–water partition coefficient (Wildman–Crippen LogP) is 1.17. The number of aliphatic hydroxyl groups is 2. The Morgan fingerprint density at radius 3 is 2.62 bits per heavy atom. The van der Waals surface area contributed by atoms with Gasteiger partial charge in [-0.3, -0.25) is 9.59 Å². The van der Waals surface area contributed by atoms with Crippen molar-refractivity contribution in [1.29, 1.82) is 0 Å². The summed E-state index contributed by atoms with van der Waals surface area (Å²) in [6.45, 7) is 6.01. The van der Waals surface area contributed by atoms with E-state index in [4.69, 9.17) is 15.2 Å². The molecule has 1 aliphatic heterocycles. The van der Waals surface area contributed by atoms with Crippen LogP contribution in [0.25, 0.3) is 0 Å². The molecule has 1 heterocycles. The molecule has 0 aliphatic carbocycles. The van der Waals surface area contributed by atoms with E-state index in [0.717, 1.165) is 12.8 Å². The molecule has 0 saturated carbocycles. The molecule has 2 amide bonds. The third-order valence-corrected chi connectivity index (χ3v) is 6.27. The Morgan fingerprint density at radius 1 is 1.26 bits per heavy atom. The number of likely N-dealkylation sites (tertiary alicyclic amines) is 1. The fraction of sp³-hybridized carbons (Fsp3) is 0.680. The van der Waals surface area contributed by atoms with Gasteiger partial charge in [0.05, 0.1) is 30.8 Å². The number of benzene rings is 1. The third-order valence-electron chi connectivity index (χ3n) is 6.27. The van der Waals surface area contributed by atoms with Crippen LogP contribution in [0.2, 0.25) is 0 Å². The van der Waals surface area contributed by atoms with E-state index >= 15 is 0 Å². The third kappa shape index (κ3) is 8.87. The first-order valence-corrected chi connectivity index (χ1v) is 12.1. The lowest BCUT2D eigenvalue weighted by Gasteiger charge is -2.29. The second kappa shape index (κ2) is 14.3. The number of hydrogen-bond acceptors (Lipinski definition) is 7. The van der Waals surface area contributed by atoms with Crippen LogP contribution in [0.4, 0.5) is 0 Å². The summed E-state index contributed by atoms with van der Waals surface area (Å²) < 4.78 is 10.9. The molecule has 192 valence electrons. The van der Waals surface area contributed by atoms with Crippen molar-refractivity contribution >= 4 is 11.8 Å². The zero-order valence-corrected chi connectivity index (χ0v) is 20.6. The molecular formula is C25H41N3O6. The molecule has 0 radical (unpaired) electrons. The molecule has 1 aromatic rings. The standard InChI is InChI=1S/C25H41N3O6/c1-17(2)18(12-21(26)22(30)16-28-15-19(29)13-24(28)31)14-27-25(32)20-8-4-5-9-23(20)34-11-7-6-10-33-3/h4-5,8-9,17-19,21-22,29-30H,6-7,10-16,26H2,1-3H3,(H,27,32). The van der Waals surface area contributed by atoms with Gasteiger partial charge >= 0.3 is 0 Å². The first-order valence-electron chi connectivity index (χ1n) is 12.1. The number of β-amino-alcohol motifs (C(OH)–C–C–N with tert-alkyl or cyclic N) is 2. The maximum absolute atomic E-state index is 12.9. The summed E-state index contributed by atoms with van der Waals surface area (Å²) in [4.78, 5) is 26.2. The molecule has 9 heteroatoms. The highest BCUT2D eigenvalue weighted by molar-refractivity contribution is 5.96. The zero-order chi connectivity index (χ0) is 25.1. The summed E-state index contributed by atoms with van der Waals surface area (Å²) in [6, 6.07) is 6.60. The van der Waals surface area contributed by atoms with Crippen molar-refractivity contribution in [3.05, 3.63) is 29.8 Å². The van der Waals surface area contributed by atoms with Gasteiger partial charge in [0, 0.05) is 39.4 Å². The largest absolute Gasteiger partial charge is 0.493 e. The molecule has 1 aliphatic rings. The number of hydrogen-bond donors (Lipinski definition) is 4. The monoisotopic (exact) mass is 479 g/mol. The van der Waals surface area contributed by atoms with Crippen LogP contribution >= 0.6 is 0 Å². The van der Waals surface area contributed by atoms with Gasteiger partial charge in [0.2, 0.25) is 5.91 Å². The van der Waals surface area contributed by atoms with Gasteiger partial charge in [-0.25, -0.2) is 0 Å². The highest BCUT2D eigenvalue weighted by Crippen LogP contribution is 2.21. The van der Waals surface area contributed by atoms with E-state index in [1.807, 2.05) is 19.9 Å². The maximum atomic E-state index is 12.9. The lowest BCUT2D eigenvalue weighted by molar-refractivity contribution is -0.129. The van der Waals surface area contributed by atoms with Crippen LogP contribution in [-0.2, 0) is 9.53 Å². The average Bonchev–Trinajstić information content (AvgIpc) is 3.12. The summed E-state index contributed by atoms with van der Waals surface area (Å²) in [6.07, 6.45) is 0.702. The Balaban J connectivity index is 1.88. The van der Waals surface area contributed by atoms with Crippen molar-refractivity contribution in [2.45, 2.75) is 57.8 Å². The number of amides is 2. The lowest BCUT2D eigenvalue weighted by Crippen LogP contribution is -2.46. The molecule has 0 aromatic heterocycles. The smallest absolute Gasteiger partial charge is 0.255 e. The summed E-state index contributed by atoms with van der Waals surface area (Å²) in [5.41, 5.74) is 6.73. The van der Waals surface area contributed by atoms with Gasteiger partial charge in [0.1, 0.15) is 5.75 Å². The zero-order valence-electron chi connectivity index (χ0n) is 20.6. The molecule has 4 atom stereocenters. The minimum absolute atomic E-state index is 0.0376. The second-order valence-electron chi connectivity index (χ2n) is 9.38. The molecular weight excluding hydrogens is 438 g/mol. The maximum Gasteiger partial charge on any atom is 0.255 e. The number of nitrogens with two attached hydrogens (primary N) is 1. The normalized spacial score (nSPS) is 18.7. The Bertz CT molecular complexity index is 775. The average molecular weight is 480 g/mol. The number of rotatable bonds is 15. The number of aliphatic hydroxyl groups excluding tert-OH is 2. The van der Waals surface area contributed by atoms with Gasteiger partial charge in [0.25, 0.3) is 5.91 Å². The number of para-hydroxylation sites is 1. The van der Waals surface area contributed by atoms with Gasteiger partial charge in [-0.15, -0.1) is 0 Å². The van der Waals surface area contributed by atoms with E-state index < -0.39 is 18.2 Å². The molecule has 1 aromatic carbocycles. The van der Waals surface area contributed by atoms with E-state index in [9.17, 15) is 19.8 Å². The fourth-order valence-electron chi connectivity index (χ4n) is 4.02. The molecule has 1 fully saturated rings. The highest BCUT2D eigenvalue weighted by Gasteiger charge is 2.31. The number of methoxy groups -OCH3 is 1. The summed E-state index contributed by atoms with van der Waals surface area (Å²) >= 11 is 0. The summed E-state index contributed by atoms with van der Waals surface area (Å²) in [7, 11) is 1.66. The minimum Gasteiger partial charge on any atom is -0.493 e. The topological polar surface area (TPSA) is 134 Å². The summed E-state index contributed by atoms with van der Waals surface area (Å²) in [5, 5.41) is 23.1. The van der Waals surface area contributed by atoms with Crippen LogP contribution in [0.15, 0.2) is 24.3 Å². The van der Waals surface area contributed by atoms with Crippen molar-refractivity contribution in [3.63, 3.8) is 0 Å². The Hall–Kier alpha value is -2.20. The van der Waals surface area contributed by atoms with Gasteiger partial charge in [-0.05, 0) is 43.2 Å². The van der Waals surface area contributed by atoms with Gasteiger partial charge in [-0.1, -0.05) is 26.0 Å². The van der Waals surface area contributed by atoms with Crippen molar-refractivity contribution in [1.82, 2.24) is 10.2 Å². The van der Waals surface area contributed by atoms with E-state index in [1.54, 1.807) is 25.3 Å². The van der Waals surface area contributed by atoms with E-state index in [-0.39, 0.29) is 43.2 Å². The number of carbonyl (C=O) groups excluding carboxylic acids is 2. The van der Waals surface area contributed by atoms with E-state index in [1.165, 1.54) is 4.90 Å². The minimum atomic E-state index is -0.904. The predicted molar refractivity (Wildman–Crippen MR) is 130 cm³/mol. The Labute approximate surface area is 202 Å². The highest BCUT2D eigenvalue weighted by atomic mass is 16.5. The first-order chi connectivity index (χ1) is 16.2. The quantitative estimate of drug-likeness (QED) is 0.277. The molecule has 0 bridgehead atoms. The van der Waals surface area contributed by atoms with Crippen LogP contribution < -0.4 is 15.8 Å². The number of nitrogens with zero attached hydrogens (tertiary/aromatic N) is 1. The number of unbranched alkanes of at least 4 members (excludes halogenated alkanes) is 1. The van der Waals surface area contributed by atoms with Crippen LogP contribution in [0.3, 0.4) is 0 Å². The molecule has 9 nitrogen and oxygen atoms in total. The van der Waals surface area contributed by atoms with Gasteiger partial charge in [0.15, 0.2) is 0 Å². The number of nitrogens with one attached hydrogen (secondary N) is 1. The van der Waals surface area contributed by atoms with E-state index in [2.05, 4.69) is 5.32 Å². The SMILES string of the molecule is COCCCCOc1ccccc1C(=O)NCC(CC(N)C(O)CN1CC(O)CC1=O)C(C)C. The molecule has 34 heavy (non-hydrogen) atoms. The van der Waals surface area contributed by atoms with E-state index in [0.29, 0.717) is 37.5 Å². The Kier molecular flexibility index (Phi) is 11.8. The molecule has 1 saturated heterocycles. The van der Waals surface area contributed by atoms with Crippen molar-refractivity contribution in [3.8, 4) is 5.75 Å². The van der Waals surface area contributed by atoms with Crippen molar-refractivity contribution in [2.75, 3.05) is 40.0 Å².